The van der Waals surface area contributed by atoms with Crippen LogP contribution in [0.15, 0.2) is 96.8 Å². The maximum atomic E-state index is 14.3. The predicted octanol–water partition coefficient (Wildman–Crippen LogP) is 8.19. The van der Waals surface area contributed by atoms with Gasteiger partial charge in [0.1, 0.15) is 17.5 Å². The molecule has 4 fully saturated rings. The maximum absolute atomic E-state index is 14.3. The highest BCUT2D eigenvalue weighted by atomic mass is 127. The molecule has 4 aliphatic rings. The van der Waals surface area contributed by atoms with E-state index in [9.17, 15) is 68.6 Å². The minimum Gasteiger partial charge on any atom is -0.805 e. The SMILES string of the molecule is Cl.FC1(F)CNC1.Nc1noc2cc(NC(=O)[C@H](O)[C@H]3OCCN(c4ccc(F)c(C(=O)N5CC(F)(F)C5)c4)C3=O)ccc12.O=C(O)c1cc(I)ccc1F.O=C(c1cc(I)ccc1F)N1CC(F)(F)C1.[N-]=NN=S.[NH-]N=N[S-]. The number of amides is 4. The first-order valence-electron chi connectivity index (χ1n) is 21.4. The number of fused-ring (bicyclic) bond motifs is 1. The number of likely N-dealkylation sites (tertiary alicyclic amines) is 2. The Bertz CT molecular complexity index is 3020. The fourth-order valence-corrected chi connectivity index (χ4v) is 7.59. The summed E-state index contributed by atoms with van der Waals surface area (Å²) < 4.78 is 132. The molecule has 4 saturated heterocycles. The Hall–Kier alpha value is -6.26. The van der Waals surface area contributed by atoms with Crippen LogP contribution in [0, 0.1) is 24.6 Å². The molecule has 79 heavy (non-hydrogen) atoms. The molecule has 4 amide bonds. The van der Waals surface area contributed by atoms with Gasteiger partial charge < -0.3 is 84.5 Å². The largest absolute Gasteiger partial charge is 0.805 e. The molecule has 0 unspecified atom stereocenters. The number of aromatic nitrogens is 1. The average Bonchev–Trinajstić information content (AvgIpc) is 3.75. The molecule has 0 saturated carbocycles. The first kappa shape index (κ1) is 67.0. The highest BCUT2D eigenvalue weighted by Crippen LogP contribution is 2.32. The summed E-state index contributed by atoms with van der Waals surface area (Å²) in [4.78, 5) is 63.1. The van der Waals surface area contributed by atoms with Crippen LogP contribution in [0.5, 0.6) is 0 Å². The van der Waals surface area contributed by atoms with Crippen LogP contribution in [-0.4, -0.2) is 137 Å². The molecule has 0 bridgehead atoms. The van der Waals surface area contributed by atoms with Crippen LogP contribution in [0.25, 0.3) is 22.3 Å². The van der Waals surface area contributed by atoms with E-state index in [1.54, 1.807) is 6.07 Å². The molecule has 4 aromatic carbocycles. The van der Waals surface area contributed by atoms with E-state index in [0.717, 1.165) is 39.0 Å². The Kier molecular flexibility index (Phi) is 25.3. The van der Waals surface area contributed by atoms with Crippen molar-refractivity contribution in [1.82, 2.24) is 20.3 Å². The summed E-state index contributed by atoms with van der Waals surface area (Å²) >= 11 is 11.4. The van der Waals surface area contributed by atoms with Crippen LogP contribution in [-0.2, 0) is 39.6 Å². The number of alkyl halides is 6. The molecule has 7 N–H and O–H groups in total. The number of aliphatic hydroxyl groups excluding tert-OH is 1. The van der Waals surface area contributed by atoms with Gasteiger partial charge in [0.2, 0.25) is 0 Å². The number of carboxylic acids is 1. The van der Waals surface area contributed by atoms with Crippen LogP contribution in [0.2, 0.25) is 0 Å². The lowest BCUT2D eigenvalue weighted by molar-refractivity contribution is -0.150. The van der Waals surface area contributed by atoms with Crippen molar-refractivity contribution in [3.63, 3.8) is 0 Å². The third-order valence-electron chi connectivity index (χ3n) is 10.4. The second-order valence-electron chi connectivity index (χ2n) is 16.1. The zero-order valence-corrected chi connectivity index (χ0v) is 46.2. The van der Waals surface area contributed by atoms with Crippen molar-refractivity contribution in [1.29, 1.82) is 0 Å². The number of nitrogen functional groups attached to an aromatic ring is 1. The molecule has 22 nitrogen and oxygen atoms in total. The molecule has 5 aromatic rings. The lowest BCUT2D eigenvalue weighted by atomic mass is 10.1. The van der Waals surface area contributed by atoms with Crippen LogP contribution < -0.4 is 21.3 Å². The lowest BCUT2D eigenvalue weighted by Crippen LogP contribution is -2.58. The van der Waals surface area contributed by atoms with Gasteiger partial charge in [-0.15, -0.1) is 12.4 Å². The van der Waals surface area contributed by atoms with Gasteiger partial charge in [-0.1, -0.05) is 17.6 Å². The van der Waals surface area contributed by atoms with Gasteiger partial charge in [0.15, 0.2) is 23.6 Å². The minimum absolute atomic E-state index is 0. The number of benzene rings is 4. The van der Waals surface area contributed by atoms with Crippen molar-refractivity contribution in [3.05, 3.63) is 125 Å². The van der Waals surface area contributed by atoms with Crippen molar-refractivity contribution >= 4 is 141 Å². The van der Waals surface area contributed by atoms with Gasteiger partial charge in [-0.3, -0.25) is 28.9 Å². The van der Waals surface area contributed by atoms with Gasteiger partial charge in [0.05, 0.1) is 68.0 Å². The van der Waals surface area contributed by atoms with E-state index in [-0.39, 0.29) is 67.0 Å². The summed E-state index contributed by atoms with van der Waals surface area (Å²) in [5, 5.41) is 32.7. The minimum atomic E-state index is -3.03. The smallest absolute Gasteiger partial charge is 0.338 e. The summed E-state index contributed by atoms with van der Waals surface area (Å²) in [6, 6.07) is 15.7. The molecule has 0 radical (unpaired) electrons. The zero-order chi connectivity index (χ0) is 58.3. The number of morpholine rings is 1. The lowest BCUT2D eigenvalue weighted by Gasteiger charge is -2.39. The second kappa shape index (κ2) is 29.8. The summed E-state index contributed by atoms with van der Waals surface area (Å²) in [7, 11) is 0. The van der Waals surface area contributed by atoms with Crippen molar-refractivity contribution < 1.29 is 83.0 Å². The number of nitrogens with zero attached hydrogens (tertiary/aromatic N) is 9. The summed E-state index contributed by atoms with van der Waals surface area (Å²) in [6.45, 7) is -3.27. The molecular formula is C43H38ClF9I2N13O9S2-3. The molecule has 9 rings (SSSR count). The molecule has 5 heterocycles. The van der Waals surface area contributed by atoms with Crippen LogP contribution in [0.3, 0.4) is 0 Å². The van der Waals surface area contributed by atoms with E-state index in [1.165, 1.54) is 42.5 Å². The molecule has 2 atom stereocenters. The zero-order valence-electron chi connectivity index (χ0n) is 39.5. The highest BCUT2D eigenvalue weighted by Gasteiger charge is 2.48. The normalized spacial score (nSPS) is 17.3. The van der Waals surface area contributed by atoms with Gasteiger partial charge in [-0.2, -0.15) is 0 Å². The fourth-order valence-electron chi connectivity index (χ4n) is 6.61. The fraction of sp³-hybridized carbons (Fsp3) is 0.302. The van der Waals surface area contributed by atoms with Gasteiger partial charge in [-0.25, -0.2) is 44.3 Å². The third-order valence-corrected chi connectivity index (χ3v) is 11.9. The number of halogens is 12. The van der Waals surface area contributed by atoms with Crippen LogP contribution in [0.4, 0.5) is 56.7 Å². The van der Waals surface area contributed by atoms with E-state index in [1.807, 2.05) is 45.2 Å². The number of nitrogens with one attached hydrogen (secondary N) is 3. The Morgan fingerprint density at radius 2 is 1.32 bits per heavy atom. The number of aliphatic hydroxyl groups is 1. The number of nitrogens with two attached hydrogens (primary N) is 1. The number of anilines is 3. The molecule has 36 heteroatoms. The third kappa shape index (κ3) is 19.2. The van der Waals surface area contributed by atoms with E-state index >= 15 is 0 Å². The number of hydrogen-bond acceptors (Lipinski definition) is 15. The Labute approximate surface area is 484 Å². The first-order valence-corrected chi connectivity index (χ1v) is 24.2. The maximum Gasteiger partial charge on any atom is 0.338 e. The first-order chi connectivity index (χ1) is 36.6. The quantitative estimate of drug-likeness (QED) is 0.0322. The summed E-state index contributed by atoms with van der Waals surface area (Å²) in [5.41, 5.74) is 12.6. The Morgan fingerprint density at radius 1 is 0.848 bits per heavy atom. The molecule has 428 valence electrons. The summed E-state index contributed by atoms with van der Waals surface area (Å²) in [6.07, 6.45) is -3.52. The van der Waals surface area contributed by atoms with E-state index in [4.69, 9.17) is 31.5 Å². The number of aromatic carboxylic acids is 1. The number of hydrogen-bond donors (Lipinski definition) is 5. The van der Waals surface area contributed by atoms with E-state index in [0.29, 0.717) is 18.1 Å². The van der Waals surface area contributed by atoms with Crippen molar-refractivity contribution in [2.75, 3.05) is 68.4 Å². The Balaban J connectivity index is 0.000000318. The topological polar surface area (TPSA) is 316 Å². The number of carboxylic acid groups (broad SMARTS) is 1. The highest BCUT2D eigenvalue weighted by molar-refractivity contribution is 14.1. The van der Waals surface area contributed by atoms with Gasteiger partial charge in [-0.05, 0) is 112 Å². The van der Waals surface area contributed by atoms with E-state index in [2.05, 4.69) is 60.5 Å². The van der Waals surface area contributed by atoms with Crippen LogP contribution in [0.1, 0.15) is 31.1 Å². The average molecular weight is 1410 g/mol. The molecule has 4 aliphatic heterocycles. The molecule has 0 spiro atoms. The monoisotopic (exact) mass is 1400 g/mol. The number of ether oxygens (including phenoxy) is 1. The van der Waals surface area contributed by atoms with E-state index < -0.39 is 109 Å². The van der Waals surface area contributed by atoms with Gasteiger partial charge in [0.25, 0.3) is 41.4 Å². The Morgan fingerprint density at radius 3 is 1.75 bits per heavy atom. The standard InChI is InChI=1S/C23H20F3N5O6.C10H7F3INO.C7H4FIO2.C3H5F2N.ClH.H2N3S.N3S/c24-15-4-2-12(8-14(15)21(34)30-9-23(25,26)10-30)31-5-6-36-18(22(31)35)17(32)20(33)28-11-1-3-13-16(7-11)37-29-19(13)27;11-8-2-1-6(14)3-7(8)9(16)15-4-10(12,13)5-15;8-6-2-1-4(9)3-5(6)7(10)11;4-3(5)1-6-2-3;;2*1-2-3-4/h1-4,7-8,17-18,32H,5-6,9-10H2,(H2,27,29)(H,28,33);1-3H,4-5H2;1-3H,(H,10,11);6H,1-2H2;1H;(H2-,1,2,3,4);/q;;;;;2*-1/p-1/t17-,18-;;;;;;/m1....../s1. The molecule has 0 aliphatic carbocycles. The van der Waals surface area contributed by atoms with Gasteiger partial charge in [0, 0.05) is 31.1 Å². The number of rotatable bonds is 8. The van der Waals surface area contributed by atoms with Crippen molar-refractivity contribution in [2.45, 2.75) is 30.0 Å². The van der Waals surface area contributed by atoms with Crippen molar-refractivity contribution in [2.24, 2.45) is 19.4 Å². The summed E-state index contributed by atoms with van der Waals surface area (Å²) in [5.74, 6) is -9.19. The van der Waals surface area contributed by atoms with Gasteiger partial charge >= 0.3 is 5.97 Å². The molecular weight excluding hydrogens is 1370 g/mol. The molecule has 1 aromatic heterocycles. The van der Waals surface area contributed by atoms with Crippen molar-refractivity contribution in [3.8, 4) is 0 Å². The number of carbonyl (C=O) groups is 5. The number of carbonyl (C=O) groups excluding carboxylic acids is 4. The predicted molar refractivity (Wildman–Crippen MR) is 286 cm³/mol. The van der Waals surface area contributed by atoms with Crippen LogP contribution >= 0.6 is 57.6 Å². The second-order valence-corrected chi connectivity index (χ2v) is 18.9.